The number of benzene rings is 1. The Morgan fingerprint density at radius 1 is 1.35 bits per heavy atom. The second-order valence-corrected chi connectivity index (χ2v) is 9.58. The summed E-state index contributed by atoms with van der Waals surface area (Å²) in [7, 11) is 2.55. The molecule has 3 rings (SSSR count). The number of anilines is 1. The molecule has 2 aliphatic heterocycles. The number of alkyl carbamates (subject to hydrolysis) is 1. The van der Waals surface area contributed by atoms with Gasteiger partial charge < -0.3 is 29.9 Å². The number of halogens is 2. The SMILES string of the molecule is COC(=O)N[C@@H](C)C(=O)N(C)[C@@H](CC(C)C)C(=O)N1C[C@@]2(C[C@H]1C#N)Oc1cc(F)cc(F)c1NC2=O. The first-order chi connectivity index (χ1) is 17.3. The summed E-state index contributed by atoms with van der Waals surface area (Å²) >= 11 is 0. The average molecular weight is 522 g/mol. The van der Waals surface area contributed by atoms with Gasteiger partial charge in [-0.15, -0.1) is 0 Å². The van der Waals surface area contributed by atoms with Crippen molar-refractivity contribution in [2.45, 2.75) is 57.3 Å². The summed E-state index contributed by atoms with van der Waals surface area (Å²) in [5.74, 6) is -4.19. The summed E-state index contributed by atoms with van der Waals surface area (Å²) in [6.45, 7) is 4.75. The van der Waals surface area contributed by atoms with Gasteiger partial charge in [0.2, 0.25) is 17.4 Å². The number of likely N-dealkylation sites (N-methyl/N-ethyl adjacent to an activating group) is 1. The van der Waals surface area contributed by atoms with Gasteiger partial charge in [-0.05, 0) is 19.3 Å². The third kappa shape index (κ3) is 5.42. The van der Waals surface area contributed by atoms with Crippen molar-refractivity contribution in [3.8, 4) is 11.8 Å². The predicted octanol–water partition coefficient (Wildman–Crippen LogP) is 1.78. The molecule has 37 heavy (non-hydrogen) atoms. The number of ether oxygens (including phenoxy) is 2. The molecule has 1 saturated heterocycles. The van der Waals surface area contributed by atoms with E-state index in [1.807, 2.05) is 19.9 Å². The van der Waals surface area contributed by atoms with Gasteiger partial charge in [0.25, 0.3) is 5.91 Å². The molecule has 200 valence electrons. The molecule has 0 aliphatic carbocycles. The van der Waals surface area contributed by atoms with Crippen LogP contribution in [0.2, 0.25) is 0 Å². The number of nitrogens with one attached hydrogen (secondary N) is 2. The van der Waals surface area contributed by atoms with Crippen molar-refractivity contribution < 1.29 is 37.4 Å². The molecule has 1 aromatic rings. The number of rotatable bonds is 6. The highest BCUT2D eigenvalue weighted by Gasteiger charge is 2.56. The standard InChI is InChI=1S/C24H29F2N5O6/c1-12(2)6-17(30(4)20(32)13(3)28-23(35)36-5)21(33)31-11-24(9-15(31)10-27)22(34)29-19-16(26)7-14(25)8-18(19)37-24/h7-8,12-13,15,17H,6,9,11H2,1-5H3,(H,28,35)(H,29,34)/t13-,15-,17-,24+/m0/s1. The van der Waals surface area contributed by atoms with Crippen molar-refractivity contribution in [1.82, 2.24) is 15.1 Å². The third-order valence-electron chi connectivity index (χ3n) is 6.42. The molecule has 0 radical (unpaired) electrons. The minimum absolute atomic E-state index is 0.0442. The Morgan fingerprint density at radius 2 is 2.03 bits per heavy atom. The Morgan fingerprint density at radius 3 is 2.62 bits per heavy atom. The van der Waals surface area contributed by atoms with Crippen molar-refractivity contribution in [2.75, 3.05) is 26.0 Å². The number of hydrogen-bond donors (Lipinski definition) is 2. The number of amides is 4. The van der Waals surface area contributed by atoms with E-state index in [9.17, 15) is 33.2 Å². The minimum Gasteiger partial charge on any atom is -0.473 e. The zero-order chi connectivity index (χ0) is 27.7. The largest absolute Gasteiger partial charge is 0.473 e. The van der Waals surface area contributed by atoms with E-state index >= 15 is 0 Å². The second kappa shape index (κ2) is 10.6. The van der Waals surface area contributed by atoms with Crippen molar-refractivity contribution in [1.29, 1.82) is 5.26 Å². The number of nitriles is 1. The van der Waals surface area contributed by atoms with Crippen LogP contribution < -0.4 is 15.4 Å². The Kier molecular flexibility index (Phi) is 7.90. The first kappa shape index (κ1) is 27.6. The van der Waals surface area contributed by atoms with Gasteiger partial charge in [0.05, 0.1) is 19.7 Å². The van der Waals surface area contributed by atoms with E-state index in [-0.39, 0.29) is 36.7 Å². The number of nitrogens with zero attached hydrogens (tertiary/aromatic N) is 3. The molecule has 1 aromatic carbocycles. The highest BCUT2D eigenvalue weighted by Crippen LogP contribution is 2.42. The smallest absolute Gasteiger partial charge is 0.407 e. The van der Waals surface area contributed by atoms with Gasteiger partial charge in [0.1, 0.15) is 29.6 Å². The normalized spacial score (nSPS) is 21.9. The van der Waals surface area contributed by atoms with E-state index in [0.717, 1.165) is 18.1 Å². The quantitative estimate of drug-likeness (QED) is 0.581. The van der Waals surface area contributed by atoms with Crippen LogP contribution in [-0.2, 0) is 19.1 Å². The maximum absolute atomic E-state index is 14.2. The van der Waals surface area contributed by atoms with Gasteiger partial charge in [-0.3, -0.25) is 14.4 Å². The van der Waals surface area contributed by atoms with Crippen molar-refractivity contribution in [3.63, 3.8) is 0 Å². The molecule has 11 nitrogen and oxygen atoms in total. The van der Waals surface area contributed by atoms with Crippen LogP contribution in [0.1, 0.15) is 33.6 Å². The number of fused-ring (bicyclic) bond motifs is 1. The van der Waals surface area contributed by atoms with Crippen LogP contribution in [0.15, 0.2) is 12.1 Å². The molecule has 2 heterocycles. The van der Waals surface area contributed by atoms with Gasteiger partial charge in [0.15, 0.2) is 11.6 Å². The molecule has 0 aromatic heterocycles. The lowest BCUT2D eigenvalue weighted by Crippen LogP contribution is -2.57. The lowest BCUT2D eigenvalue weighted by atomic mass is 9.97. The third-order valence-corrected chi connectivity index (χ3v) is 6.42. The molecule has 2 aliphatic rings. The maximum Gasteiger partial charge on any atom is 0.407 e. The van der Waals surface area contributed by atoms with Crippen LogP contribution in [0, 0.1) is 28.9 Å². The summed E-state index contributed by atoms with van der Waals surface area (Å²) in [4.78, 5) is 53.6. The van der Waals surface area contributed by atoms with Crippen molar-refractivity contribution in [2.24, 2.45) is 5.92 Å². The second-order valence-electron chi connectivity index (χ2n) is 9.58. The van der Waals surface area contributed by atoms with Crippen LogP contribution in [-0.4, -0.2) is 78.0 Å². The topological polar surface area (TPSA) is 141 Å². The van der Waals surface area contributed by atoms with E-state index in [1.165, 1.54) is 18.9 Å². The molecule has 1 spiro atoms. The number of carbonyl (C=O) groups excluding carboxylic acids is 4. The fourth-order valence-corrected chi connectivity index (χ4v) is 4.51. The monoisotopic (exact) mass is 521 g/mol. The van der Waals surface area contributed by atoms with Gasteiger partial charge in [-0.25, -0.2) is 13.6 Å². The van der Waals surface area contributed by atoms with Gasteiger partial charge >= 0.3 is 6.09 Å². The van der Waals surface area contributed by atoms with Gasteiger partial charge in [0, 0.05) is 25.6 Å². The molecular weight excluding hydrogens is 492 g/mol. The number of methoxy groups -OCH3 is 1. The number of hydrogen-bond acceptors (Lipinski definition) is 7. The van der Waals surface area contributed by atoms with Crippen LogP contribution in [0.5, 0.6) is 5.75 Å². The number of carbonyl (C=O) groups is 4. The Hall–Kier alpha value is -3.95. The Labute approximate surface area is 212 Å². The van der Waals surface area contributed by atoms with E-state index < -0.39 is 59.2 Å². The van der Waals surface area contributed by atoms with Crippen molar-refractivity contribution in [3.05, 3.63) is 23.8 Å². The van der Waals surface area contributed by atoms with E-state index in [4.69, 9.17) is 4.74 Å². The minimum atomic E-state index is -1.76. The van der Waals surface area contributed by atoms with Crippen LogP contribution >= 0.6 is 0 Å². The molecule has 0 saturated carbocycles. The van der Waals surface area contributed by atoms with Crippen LogP contribution in [0.4, 0.5) is 19.3 Å². The van der Waals surface area contributed by atoms with E-state index in [0.29, 0.717) is 6.07 Å². The molecule has 2 N–H and O–H groups in total. The first-order valence-electron chi connectivity index (χ1n) is 11.6. The fraction of sp³-hybridized carbons (Fsp3) is 0.542. The fourth-order valence-electron chi connectivity index (χ4n) is 4.51. The Bertz CT molecular complexity index is 1160. The predicted molar refractivity (Wildman–Crippen MR) is 125 cm³/mol. The molecular formula is C24H29F2N5O6. The van der Waals surface area contributed by atoms with Gasteiger partial charge in [-0.1, -0.05) is 13.8 Å². The summed E-state index contributed by atoms with van der Waals surface area (Å²) in [5, 5.41) is 14.5. The summed E-state index contributed by atoms with van der Waals surface area (Å²) in [6.07, 6.45) is -0.842. The summed E-state index contributed by atoms with van der Waals surface area (Å²) in [5.41, 5.74) is -2.08. The molecule has 4 amide bonds. The molecule has 13 heteroatoms. The average Bonchev–Trinajstić information content (AvgIpc) is 3.21. The van der Waals surface area contributed by atoms with Gasteiger partial charge in [-0.2, -0.15) is 5.26 Å². The van der Waals surface area contributed by atoms with Crippen molar-refractivity contribution >= 4 is 29.5 Å². The maximum atomic E-state index is 14.2. The number of likely N-dealkylation sites (tertiary alicyclic amines) is 1. The first-order valence-corrected chi connectivity index (χ1v) is 11.6. The zero-order valence-corrected chi connectivity index (χ0v) is 21.1. The Balaban J connectivity index is 1.89. The highest BCUT2D eigenvalue weighted by atomic mass is 19.1. The molecule has 1 fully saturated rings. The van der Waals surface area contributed by atoms with Crippen LogP contribution in [0.25, 0.3) is 0 Å². The molecule has 0 unspecified atom stereocenters. The summed E-state index contributed by atoms with van der Waals surface area (Å²) < 4.78 is 38.2. The van der Waals surface area contributed by atoms with E-state index in [2.05, 4.69) is 15.4 Å². The molecule has 0 bridgehead atoms. The highest BCUT2D eigenvalue weighted by molar-refractivity contribution is 6.02. The van der Waals surface area contributed by atoms with Crippen LogP contribution in [0.3, 0.4) is 0 Å². The zero-order valence-electron chi connectivity index (χ0n) is 21.1. The lowest BCUT2D eigenvalue weighted by molar-refractivity contribution is -0.147. The lowest BCUT2D eigenvalue weighted by Gasteiger charge is -2.36. The van der Waals surface area contributed by atoms with E-state index in [1.54, 1.807) is 0 Å². The molecule has 4 atom stereocenters. The summed E-state index contributed by atoms with van der Waals surface area (Å²) in [6, 6.07) is 0.347.